The number of rotatable bonds is 4. The predicted molar refractivity (Wildman–Crippen MR) is 133 cm³/mol. The van der Waals surface area contributed by atoms with E-state index in [0.29, 0.717) is 37.4 Å². The van der Waals surface area contributed by atoms with E-state index in [-0.39, 0.29) is 11.8 Å². The van der Waals surface area contributed by atoms with Crippen molar-refractivity contribution in [3.8, 4) is 17.1 Å². The third kappa shape index (κ3) is 4.10. The summed E-state index contributed by atoms with van der Waals surface area (Å²) in [7, 11) is 0. The third-order valence-electron chi connectivity index (χ3n) is 5.41. The largest absolute Gasteiger partial charge is 0.506 e. The van der Waals surface area contributed by atoms with Gasteiger partial charge in [0.25, 0.3) is 0 Å². The van der Waals surface area contributed by atoms with Gasteiger partial charge < -0.3 is 19.7 Å². The van der Waals surface area contributed by atoms with Crippen molar-refractivity contribution in [3.05, 3.63) is 99.7 Å². The molecular weight excluding hydrogens is 529 g/mol. The first kappa shape index (κ1) is 21.9. The van der Waals surface area contributed by atoms with Gasteiger partial charge in [0.05, 0.1) is 23.0 Å². The lowest BCUT2D eigenvalue weighted by Gasteiger charge is -2.26. The predicted octanol–water partition coefficient (Wildman–Crippen LogP) is 6.78. The molecule has 2 aromatic carbocycles. The molecule has 5 nitrogen and oxygen atoms in total. The fourth-order valence-corrected chi connectivity index (χ4v) is 4.78. The Morgan fingerprint density at radius 1 is 1.12 bits per heavy atom. The maximum atomic E-state index is 14.6. The van der Waals surface area contributed by atoms with Crippen LogP contribution in [0.4, 0.5) is 10.1 Å². The molecule has 0 spiro atoms. The number of pyridine rings is 1. The van der Waals surface area contributed by atoms with Crippen molar-refractivity contribution in [2.45, 2.75) is 12.1 Å². The van der Waals surface area contributed by atoms with Crippen LogP contribution in [0.5, 0.6) is 5.75 Å². The summed E-state index contributed by atoms with van der Waals surface area (Å²) in [5.74, 6) is 0.509. The number of thiocarbonyl (C=S) groups is 1. The van der Waals surface area contributed by atoms with Gasteiger partial charge in [-0.15, -0.1) is 0 Å². The molecule has 166 valence electrons. The molecule has 0 amide bonds. The summed E-state index contributed by atoms with van der Waals surface area (Å²) in [4.78, 5) is 6.23. The summed E-state index contributed by atoms with van der Waals surface area (Å²) in [6.45, 7) is 0. The summed E-state index contributed by atoms with van der Waals surface area (Å²) in [6.07, 6.45) is 1.70. The molecule has 33 heavy (non-hydrogen) atoms. The Morgan fingerprint density at radius 2 is 1.97 bits per heavy atom. The molecule has 4 aromatic rings. The van der Waals surface area contributed by atoms with Crippen molar-refractivity contribution in [2.24, 2.45) is 0 Å². The molecule has 5 rings (SSSR count). The average molecular weight is 545 g/mol. The first-order chi connectivity index (χ1) is 15.9. The number of phenolic OH excluding ortho intramolecular Hbond substituents is 1. The fourth-order valence-electron chi connectivity index (χ4n) is 3.94. The van der Waals surface area contributed by atoms with Crippen LogP contribution in [0.2, 0.25) is 5.02 Å². The van der Waals surface area contributed by atoms with Crippen LogP contribution in [0.25, 0.3) is 11.3 Å². The second-order valence-electron chi connectivity index (χ2n) is 7.46. The number of hydrogen-bond acceptors (Lipinski definition) is 4. The van der Waals surface area contributed by atoms with Crippen LogP contribution in [0.3, 0.4) is 0 Å². The maximum absolute atomic E-state index is 14.6. The number of furan rings is 1. The number of hydrogen-bond donors (Lipinski definition) is 2. The number of nitrogens with one attached hydrogen (secondary N) is 1. The van der Waals surface area contributed by atoms with Gasteiger partial charge in [-0.25, -0.2) is 4.39 Å². The van der Waals surface area contributed by atoms with Crippen LogP contribution >= 0.6 is 39.7 Å². The molecule has 1 saturated heterocycles. The van der Waals surface area contributed by atoms with Gasteiger partial charge in [0.2, 0.25) is 0 Å². The zero-order valence-electron chi connectivity index (χ0n) is 16.9. The number of aromatic nitrogens is 1. The molecule has 0 unspecified atom stereocenters. The molecule has 0 radical (unpaired) electrons. The van der Waals surface area contributed by atoms with Crippen LogP contribution in [-0.2, 0) is 0 Å². The van der Waals surface area contributed by atoms with E-state index in [1.807, 2.05) is 18.2 Å². The van der Waals surface area contributed by atoms with E-state index in [9.17, 15) is 9.50 Å². The van der Waals surface area contributed by atoms with Crippen molar-refractivity contribution in [2.75, 3.05) is 4.90 Å². The lowest BCUT2D eigenvalue weighted by Crippen LogP contribution is -2.29. The molecule has 0 saturated carbocycles. The Labute approximate surface area is 208 Å². The first-order valence-corrected chi connectivity index (χ1v) is 11.5. The highest BCUT2D eigenvalue weighted by molar-refractivity contribution is 9.10. The van der Waals surface area contributed by atoms with Gasteiger partial charge >= 0.3 is 0 Å². The number of halogens is 3. The molecular formula is C24H16BrClFN3O2S. The van der Waals surface area contributed by atoms with E-state index in [1.54, 1.807) is 47.5 Å². The second-order valence-corrected chi connectivity index (χ2v) is 9.19. The fraction of sp³-hybridized carbons (Fsp3) is 0.0833. The van der Waals surface area contributed by atoms with Crippen molar-refractivity contribution in [1.29, 1.82) is 0 Å². The molecule has 0 aliphatic carbocycles. The highest BCUT2D eigenvalue weighted by atomic mass is 79.9. The Balaban J connectivity index is 1.63. The molecule has 1 fully saturated rings. The Kier molecular flexibility index (Phi) is 5.82. The number of nitrogens with zero attached hydrogens (tertiary/aromatic N) is 2. The van der Waals surface area contributed by atoms with Gasteiger partial charge in [-0.05, 0) is 72.9 Å². The summed E-state index contributed by atoms with van der Waals surface area (Å²) in [6, 6.07) is 17.7. The number of phenols is 1. The highest BCUT2D eigenvalue weighted by Crippen LogP contribution is 2.46. The van der Waals surface area contributed by atoms with E-state index in [0.717, 1.165) is 5.69 Å². The van der Waals surface area contributed by atoms with Crippen molar-refractivity contribution < 1.29 is 13.9 Å². The van der Waals surface area contributed by atoms with E-state index in [2.05, 4.69) is 26.2 Å². The Hall–Kier alpha value is -2.94. The molecule has 0 bridgehead atoms. The monoisotopic (exact) mass is 543 g/mol. The zero-order chi connectivity index (χ0) is 23.1. The second kappa shape index (κ2) is 8.78. The molecule has 9 heteroatoms. The van der Waals surface area contributed by atoms with Gasteiger partial charge in [0.1, 0.15) is 29.1 Å². The Morgan fingerprint density at radius 3 is 2.73 bits per heavy atom. The van der Waals surface area contributed by atoms with Crippen molar-refractivity contribution >= 4 is 50.5 Å². The van der Waals surface area contributed by atoms with Gasteiger partial charge in [-0.3, -0.25) is 4.98 Å². The summed E-state index contributed by atoms with van der Waals surface area (Å²) in [5, 5.41) is 14.7. The molecule has 2 aromatic heterocycles. The quantitative estimate of drug-likeness (QED) is 0.276. The SMILES string of the molecule is Oc1ccc(Cl)cc1N1C(=S)N[C@@H](c2ccccn2)[C@H]1c1ccc(-c2ccc(Br)cc2F)o1. The lowest BCUT2D eigenvalue weighted by atomic mass is 10.0. The average Bonchev–Trinajstić information content (AvgIpc) is 3.40. The molecule has 1 aliphatic rings. The third-order valence-corrected chi connectivity index (χ3v) is 6.45. The first-order valence-electron chi connectivity index (χ1n) is 9.96. The topological polar surface area (TPSA) is 61.5 Å². The van der Waals surface area contributed by atoms with E-state index in [4.69, 9.17) is 28.2 Å². The van der Waals surface area contributed by atoms with E-state index < -0.39 is 11.9 Å². The standard InChI is InChI=1S/C24H16BrClFN3O2S/c25-13-4-6-15(16(27)11-13)20-8-9-21(32-20)23-22(17-3-1-2-10-28-17)29-24(33)30(23)18-12-14(26)5-7-19(18)31/h1-12,22-23,31H,(H,29,33)/t22-,23+/m0/s1. The Bertz CT molecular complexity index is 1350. The summed E-state index contributed by atoms with van der Waals surface area (Å²) in [5.41, 5.74) is 1.50. The summed E-state index contributed by atoms with van der Waals surface area (Å²) < 4.78 is 21.4. The number of benzene rings is 2. The lowest BCUT2D eigenvalue weighted by molar-refractivity contribution is 0.433. The van der Waals surface area contributed by atoms with Crippen LogP contribution in [0.15, 0.2) is 81.8 Å². The normalized spacial score (nSPS) is 17.9. The van der Waals surface area contributed by atoms with E-state index in [1.165, 1.54) is 12.1 Å². The number of aromatic hydroxyl groups is 1. The molecule has 2 atom stereocenters. The van der Waals surface area contributed by atoms with Gasteiger partial charge in [0.15, 0.2) is 5.11 Å². The van der Waals surface area contributed by atoms with Gasteiger partial charge in [-0.1, -0.05) is 33.6 Å². The van der Waals surface area contributed by atoms with Gasteiger partial charge in [0, 0.05) is 15.7 Å². The van der Waals surface area contributed by atoms with Crippen LogP contribution in [0, 0.1) is 5.82 Å². The molecule has 3 heterocycles. The summed E-state index contributed by atoms with van der Waals surface area (Å²) >= 11 is 15.1. The van der Waals surface area contributed by atoms with Crippen LogP contribution in [0.1, 0.15) is 23.5 Å². The van der Waals surface area contributed by atoms with Gasteiger partial charge in [-0.2, -0.15) is 0 Å². The smallest absolute Gasteiger partial charge is 0.174 e. The van der Waals surface area contributed by atoms with Crippen molar-refractivity contribution in [1.82, 2.24) is 10.3 Å². The zero-order valence-corrected chi connectivity index (χ0v) is 20.0. The highest BCUT2D eigenvalue weighted by Gasteiger charge is 2.43. The maximum Gasteiger partial charge on any atom is 0.174 e. The molecule has 1 aliphatic heterocycles. The minimum absolute atomic E-state index is 0.0148. The van der Waals surface area contributed by atoms with Crippen LogP contribution < -0.4 is 10.2 Å². The van der Waals surface area contributed by atoms with Crippen LogP contribution in [-0.4, -0.2) is 15.2 Å². The minimum Gasteiger partial charge on any atom is -0.506 e. The molecule has 2 N–H and O–H groups in total. The van der Waals surface area contributed by atoms with E-state index >= 15 is 0 Å². The number of anilines is 1. The van der Waals surface area contributed by atoms with Crippen molar-refractivity contribution in [3.63, 3.8) is 0 Å². The minimum atomic E-state index is -0.510.